The molecular formula is C18H24FN3OS. The van der Waals surface area contributed by atoms with Gasteiger partial charge in [-0.1, -0.05) is 6.07 Å². The molecular weight excluding hydrogens is 325 g/mol. The number of rotatable bonds is 7. The molecule has 2 aromatic rings. The van der Waals surface area contributed by atoms with Crippen molar-refractivity contribution in [3.63, 3.8) is 0 Å². The van der Waals surface area contributed by atoms with Crippen LogP contribution in [-0.4, -0.2) is 19.6 Å². The van der Waals surface area contributed by atoms with Gasteiger partial charge in [-0.25, -0.2) is 9.38 Å². The van der Waals surface area contributed by atoms with Crippen LogP contribution in [0.3, 0.4) is 0 Å². The molecule has 0 saturated heterocycles. The normalized spacial score (nSPS) is 11.6. The first-order valence-electron chi connectivity index (χ1n) is 7.95. The number of halogens is 1. The maximum atomic E-state index is 13.7. The van der Waals surface area contributed by atoms with Crippen molar-refractivity contribution in [2.75, 3.05) is 13.7 Å². The standard InChI is InChI=1S/C18H24FN3OS/c1-4-20-18(22-11-17-13(2)7-8-24-17)21-10-14-5-6-16(19)15(9-14)12-23-3/h5-9H,4,10-12H2,1-3H3,(H2,20,21,22). The predicted molar refractivity (Wildman–Crippen MR) is 97.8 cm³/mol. The highest BCUT2D eigenvalue weighted by Gasteiger charge is 2.05. The average molecular weight is 349 g/mol. The Morgan fingerprint density at radius 3 is 2.79 bits per heavy atom. The maximum Gasteiger partial charge on any atom is 0.191 e. The zero-order valence-corrected chi connectivity index (χ0v) is 15.2. The molecule has 1 heterocycles. The number of ether oxygens (including phenoxy) is 1. The summed E-state index contributed by atoms with van der Waals surface area (Å²) in [5.41, 5.74) is 2.79. The predicted octanol–water partition coefficient (Wildman–Crippen LogP) is 3.60. The maximum absolute atomic E-state index is 13.7. The van der Waals surface area contributed by atoms with E-state index >= 15 is 0 Å². The molecule has 0 radical (unpaired) electrons. The zero-order chi connectivity index (χ0) is 17.4. The summed E-state index contributed by atoms with van der Waals surface area (Å²) < 4.78 is 18.7. The van der Waals surface area contributed by atoms with Crippen molar-refractivity contribution < 1.29 is 9.13 Å². The van der Waals surface area contributed by atoms with Gasteiger partial charge >= 0.3 is 0 Å². The molecule has 0 aliphatic heterocycles. The van der Waals surface area contributed by atoms with Crippen LogP contribution in [0, 0.1) is 12.7 Å². The van der Waals surface area contributed by atoms with Crippen molar-refractivity contribution in [3.05, 3.63) is 57.0 Å². The first-order chi connectivity index (χ1) is 11.6. The summed E-state index contributed by atoms with van der Waals surface area (Å²) in [4.78, 5) is 5.88. The molecule has 0 aliphatic rings. The lowest BCUT2D eigenvalue weighted by Crippen LogP contribution is -2.36. The third-order valence-electron chi connectivity index (χ3n) is 3.56. The molecule has 4 nitrogen and oxygen atoms in total. The number of guanidine groups is 1. The van der Waals surface area contributed by atoms with Crippen LogP contribution in [0.4, 0.5) is 4.39 Å². The van der Waals surface area contributed by atoms with Crippen molar-refractivity contribution in [1.82, 2.24) is 10.6 Å². The molecule has 0 atom stereocenters. The molecule has 0 fully saturated rings. The Morgan fingerprint density at radius 2 is 2.12 bits per heavy atom. The van der Waals surface area contributed by atoms with Crippen LogP contribution in [0.1, 0.15) is 28.5 Å². The summed E-state index contributed by atoms with van der Waals surface area (Å²) in [6.45, 7) is 6.41. The Hall–Kier alpha value is -1.92. The van der Waals surface area contributed by atoms with Crippen LogP contribution < -0.4 is 10.6 Å². The quantitative estimate of drug-likeness (QED) is 0.593. The Kier molecular flexibility index (Phi) is 7.21. The molecule has 2 rings (SSSR count). The second-order valence-corrected chi connectivity index (χ2v) is 6.43. The van der Waals surface area contributed by atoms with Gasteiger partial charge in [-0.2, -0.15) is 0 Å². The molecule has 130 valence electrons. The molecule has 6 heteroatoms. The average Bonchev–Trinajstić information content (AvgIpc) is 2.98. The Labute approximate surface area is 146 Å². The lowest BCUT2D eigenvalue weighted by Gasteiger charge is -2.11. The van der Waals surface area contributed by atoms with Gasteiger partial charge in [0.2, 0.25) is 0 Å². The van der Waals surface area contributed by atoms with Crippen LogP contribution in [0.25, 0.3) is 0 Å². The summed E-state index contributed by atoms with van der Waals surface area (Å²) in [6, 6.07) is 7.14. The van der Waals surface area contributed by atoms with Gasteiger partial charge in [-0.05, 0) is 48.6 Å². The van der Waals surface area contributed by atoms with Crippen molar-refractivity contribution in [2.45, 2.75) is 33.5 Å². The van der Waals surface area contributed by atoms with E-state index in [1.165, 1.54) is 16.5 Å². The number of thiophene rings is 1. The van der Waals surface area contributed by atoms with Gasteiger partial charge in [0.1, 0.15) is 5.82 Å². The molecule has 0 bridgehead atoms. The highest BCUT2D eigenvalue weighted by Crippen LogP contribution is 2.15. The zero-order valence-electron chi connectivity index (χ0n) is 14.4. The van der Waals surface area contributed by atoms with Crippen LogP contribution in [0.5, 0.6) is 0 Å². The molecule has 0 unspecified atom stereocenters. The van der Waals surface area contributed by atoms with Crippen molar-refractivity contribution in [2.24, 2.45) is 4.99 Å². The lowest BCUT2D eigenvalue weighted by molar-refractivity contribution is 0.181. The fourth-order valence-corrected chi connectivity index (χ4v) is 3.10. The second kappa shape index (κ2) is 9.39. The highest BCUT2D eigenvalue weighted by atomic mass is 32.1. The number of hydrogen-bond donors (Lipinski definition) is 2. The number of benzene rings is 1. The minimum atomic E-state index is -0.247. The molecule has 2 N–H and O–H groups in total. The van der Waals surface area contributed by atoms with E-state index in [2.05, 4.69) is 34.0 Å². The first-order valence-corrected chi connectivity index (χ1v) is 8.83. The van der Waals surface area contributed by atoms with Gasteiger partial charge in [0, 0.05) is 24.1 Å². The van der Waals surface area contributed by atoms with Gasteiger partial charge in [-0.15, -0.1) is 11.3 Å². The van der Waals surface area contributed by atoms with Gasteiger partial charge < -0.3 is 15.4 Å². The Morgan fingerprint density at radius 1 is 1.29 bits per heavy atom. The number of aryl methyl sites for hydroxylation is 1. The number of hydrogen-bond acceptors (Lipinski definition) is 3. The van der Waals surface area contributed by atoms with E-state index in [4.69, 9.17) is 4.74 Å². The van der Waals surface area contributed by atoms with Gasteiger partial charge in [-0.3, -0.25) is 0 Å². The molecule has 1 aromatic carbocycles. The van der Waals surface area contributed by atoms with E-state index in [9.17, 15) is 4.39 Å². The van der Waals surface area contributed by atoms with Crippen LogP contribution in [-0.2, 0) is 24.4 Å². The lowest BCUT2D eigenvalue weighted by atomic mass is 10.1. The summed E-state index contributed by atoms with van der Waals surface area (Å²) in [7, 11) is 1.56. The topological polar surface area (TPSA) is 45.7 Å². The van der Waals surface area contributed by atoms with Gasteiger partial charge in [0.25, 0.3) is 0 Å². The summed E-state index contributed by atoms with van der Waals surface area (Å²) in [5.74, 6) is 0.505. The number of aliphatic imine (C=N–C) groups is 1. The first kappa shape index (κ1) is 18.4. The summed E-state index contributed by atoms with van der Waals surface area (Å²) in [5, 5.41) is 8.66. The molecule has 24 heavy (non-hydrogen) atoms. The molecule has 1 aromatic heterocycles. The van der Waals surface area contributed by atoms with Crippen LogP contribution in [0.2, 0.25) is 0 Å². The minimum Gasteiger partial charge on any atom is -0.380 e. The number of methoxy groups -OCH3 is 1. The second-order valence-electron chi connectivity index (χ2n) is 5.43. The highest BCUT2D eigenvalue weighted by molar-refractivity contribution is 7.10. The minimum absolute atomic E-state index is 0.247. The van der Waals surface area contributed by atoms with E-state index < -0.39 is 0 Å². The number of nitrogens with zero attached hydrogens (tertiary/aromatic N) is 1. The van der Waals surface area contributed by atoms with Crippen LogP contribution in [0.15, 0.2) is 34.6 Å². The van der Waals surface area contributed by atoms with Crippen LogP contribution >= 0.6 is 11.3 Å². The fourth-order valence-electron chi connectivity index (χ4n) is 2.25. The Balaban J connectivity index is 2.02. The molecule has 0 amide bonds. The molecule has 0 saturated carbocycles. The number of nitrogens with one attached hydrogen (secondary N) is 2. The SMILES string of the molecule is CCNC(=NCc1ccc(F)c(COC)c1)NCc1sccc1C. The smallest absolute Gasteiger partial charge is 0.191 e. The summed E-state index contributed by atoms with van der Waals surface area (Å²) in [6.07, 6.45) is 0. The molecule has 0 spiro atoms. The largest absolute Gasteiger partial charge is 0.380 e. The van der Waals surface area contributed by atoms with E-state index in [1.54, 1.807) is 30.6 Å². The van der Waals surface area contributed by atoms with Crippen molar-refractivity contribution in [3.8, 4) is 0 Å². The third kappa shape index (κ3) is 5.32. The third-order valence-corrected chi connectivity index (χ3v) is 4.58. The van der Waals surface area contributed by atoms with Gasteiger partial charge in [0.15, 0.2) is 5.96 Å². The Bertz CT molecular complexity index is 685. The fraction of sp³-hybridized carbons (Fsp3) is 0.389. The van der Waals surface area contributed by atoms with E-state index in [0.29, 0.717) is 12.1 Å². The van der Waals surface area contributed by atoms with Crippen molar-refractivity contribution in [1.29, 1.82) is 0 Å². The monoisotopic (exact) mass is 349 g/mol. The van der Waals surface area contributed by atoms with Crippen molar-refractivity contribution >= 4 is 17.3 Å². The van der Waals surface area contributed by atoms with E-state index in [0.717, 1.165) is 24.6 Å². The molecule has 0 aliphatic carbocycles. The van der Waals surface area contributed by atoms with Gasteiger partial charge in [0.05, 0.1) is 19.7 Å². The van der Waals surface area contributed by atoms with E-state index in [1.807, 2.05) is 6.92 Å². The summed E-state index contributed by atoms with van der Waals surface area (Å²) >= 11 is 1.73. The van der Waals surface area contributed by atoms with E-state index in [-0.39, 0.29) is 12.4 Å².